The van der Waals surface area contributed by atoms with E-state index in [-0.39, 0.29) is 29.8 Å². The highest BCUT2D eigenvalue weighted by Gasteiger charge is 2.24. The average molecular weight is 647 g/mol. The van der Waals surface area contributed by atoms with E-state index >= 15 is 0 Å². The first-order chi connectivity index (χ1) is 21.7. The lowest BCUT2D eigenvalue weighted by atomic mass is 9.93. The largest absolute Gasteiger partial charge is 0.469 e. The Balaban J connectivity index is -0.000000624. The highest BCUT2D eigenvalue weighted by molar-refractivity contribution is 6.01. The van der Waals surface area contributed by atoms with E-state index in [1.807, 2.05) is 6.92 Å². The van der Waals surface area contributed by atoms with Crippen molar-refractivity contribution in [1.82, 2.24) is 10.6 Å². The lowest BCUT2D eigenvalue weighted by molar-refractivity contribution is -0.140. The fourth-order valence-corrected chi connectivity index (χ4v) is 4.40. The third-order valence-electron chi connectivity index (χ3n) is 7.27. The second-order valence-corrected chi connectivity index (χ2v) is 11.4. The molecule has 0 saturated carbocycles. The van der Waals surface area contributed by atoms with Crippen LogP contribution in [0, 0.1) is 5.92 Å². The fourth-order valence-electron chi connectivity index (χ4n) is 4.40. The molecule has 0 aliphatic carbocycles. The van der Waals surface area contributed by atoms with Crippen molar-refractivity contribution >= 4 is 23.8 Å². The molecule has 0 aromatic heterocycles. The van der Waals surface area contributed by atoms with Crippen molar-refractivity contribution in [3.63, 3.8) is 0 Å². The molecule has 0 fully saturated rings. The SMILES string of the molecule is CCCCC(=O)C(CCCC)C(=O)NCCC.CCCCC(CCCCCC(=O)OC)NC(=O)OC.OCCCCCCCO. The van der Waals surface area contributed by atoms with Crippen molar-refractivity contribution in [2.75, 3.05) is 34.0 Å². The van der Waals surface area contributed by atoms with Gasteiger partial charge < -0.3 is 30.3 Å². The van der Waals surface area contributed by atoms with Crippen molar-refractivity contribution in [2.24, 2.45) is 5.92 Å². The van der Waals surface area contributed by atoms with Crippen LogP contribution in [-0.4, -0.2) is 74.0 Å². The summed E-state index contributed by atoms with van der Waals surface area (Å²) in [6, 6.07) is 0.172. The van der Waals surface area contributed by atoms with Crippen LogP contribution >= 0.6 is 0 Å². The maximum atomic E-state index is 12.0. The second kappa shape index (κ2) is 38.0. The summed E-state index contributed by atoms with van der Waals surface area (Å²) in [5, 5.41) is 22.4. The molecule has 4 N–H and O–H groups in total. The molecule has 0 aromatic carbocycles. The number of unbranched alkanes of at least 4 members (excludes halogenated alkanes) is 9. The number of ketones is 1. The number of aliphatic hydroxyl groups is 2. The molecule has 0 spiro atoms. The van der Waals surface area contributed by atoms with E-state index in [1.165, 1.54) is 14.2 Å². The van der Waals surface area contributed by atoms with Crippen molar-refractivity contribution in [3.8, 4) is 0 Å². The minimum Gasteiger partial charge on any atom is -0.469 e. The zero-order valence-electron chi connectivity index (χ0n) is 29.8. The van der Waals surface area contributed by atoms with E-state index in [9.17, 15) is 19.2 Å². The van der Waals surface area contributed by atoms with Gasteiger partial charge in [0.2, 0.25) is 5.91 Å². The number of carbonyl (C=O) groups excluding carboxylic acids is 4. The molecule has 2 amide bonds. The van der Waals surface area contributed by atoms with Gasteiger partial charge in [-0.25, -0.2) is 4.79 Å². The molecule has 0 heterocycles. The van der Waals surface area contributed by atoms with Gasteiger partial charge in [-0.2, -0.15) is 0 Å². The lowest BCUT2D eigenvalue weighted by Crippen LogP contribution is -2.35. The number of methoxy groups -OCH3 is 2. The van der Waals surface area contributed by atoms with E-state index in [2.05, 4.69) is 40.9 Å². The number of rotatable bonds is 26. The van der Waals surface area contributed by atoms with Crippen molar-refractivity contribution < 1.29 is 38.9 Å². The molecule has 0 saturated heterocycles. The predicted molar refractivity (Wildman–Crippen MR) is 182 cm³/mol. The van der Waals surface area contributed by atoms with Crippen molar-refractivity contribution in [2.45, 2.75) is 162 Å². The Hall–Kier alpha value is -2.20. The average Bonchev–Trinajstić information content (AvgIpc) is 3.05. The fraction of sp³-hybridized carbons (Fsp3) is 0.886. The quantitative estimate of drug-likeness (QED) is 0.0444. The molecule has 0 radical (unpaired) electrons. The molecule has 0 bridgehead atoms. The van der Waals surface area contributed by atoms with Crippen molar-refractivity contribution in [3.05, 3.63) is 0 Å². The van der Waals surface area contributed by atoms with Gasteiger partial charge in [-0.15, -0.1) is 0 Å². The first kappa shape index (κ1) is 47.2. The van der Waals surface area contributed by atoms with Crippen LogP contribution in [0.2, 0.25) is 0 Å². The standard InChI is InChI=1S/C14H27NO4.C14H27NO2.C7H16O2/c1-4-5-9-12(15-14(17)19-3)10-7-6-8-11-13(16)18-2;1-4-7-9-12(13(16)10-8-5-2)14(17)15-11-6-3;8-6-4-2-1-3-5-7-9/h12H,4-11H2,1-3H3,(H,15,17);12H,4-11H2,1-3H3,(H,15,17);8-9H,1-7H2. The van der Waals surface area contributed by atoms with Gasteiger partial charge in [0.15, 0.2) is 0 Å². The number of alkyl carbamates (subject to hydrolysis) is 1. The summed E-state index contributed by atoms with van der Waals surface area (Å²) in [5.41, 5.74) is 0. The highest BCUT2D eigenvalue weighted by Crippen LogP contribution is 2.14. The number of esters is 1. The maximum Gasteiger partial charge on any atom is 0.407 e. The van der Waals surface area contributed by atoms with Crippen LogP contribution in [-0.2, 0) is 23.9 Å². The van der Waals surface area contributed by atoms with Gasteiger partial charge in [-0.1, -0.05) is 91.9 Å². The van der Waals surface area contributed by atoms with Crippen LogP contribution in [0.1, 0.15) is 156 Å². The van der Waals surface area contributed by atoms with E-state index in [0.29, 0.717) is 39.0 Å². The molecule has 0 rings (SSSR count). The number of Topliss-reactive ketones (excluding diaryl/α,β-unsaturated/α-hetero) is 1. The Kier molecular flexibility index (Phi) is 39.8. The number of hydrogen-bond donors (Lipinski definition) is 4. The molecule has 0 aliphatic rings. The number of carbonyl (C=O) groups is 4. The monoisotopic (exact) mass is 647 g/mol. The number of aliphatic hydroxyl groups excluding tert-OH is 2. The van der Waals surface area contributed by atoms with Gasteiger partial charge in [0.25, 0.3) is 0 Å². The Morgan fingerprint density at radius 2 is 1.13 bits per heavy atom. The van der Waals surface area contributed by atoms with E-state index < -0.39 is 5.92 Å². The molecular weight excluding hydrogens is 576 g/mol. The Labute approximate surface area is 275 Å². The molecule has 2 unspecified atom stereocenters. The first-order valence-corrected chi connectivity index (χ1v) is 17.7. The Bertz CT molecular complexity index is 665. The van der Waals surface area contributed by atoms with Crippen LogP contribution < -0.4 is 10.6 Å². The molecule has 268 valence electrons. The van der Waals surface area contributed by atoms with E-state index in [4.69, 9.17) is 10.2 Å². The van der Waals surface area contributed by atoms with Crippen LogP contribution in [0.3, 0.4) is 0 Å². The number of amides is 2. The lowest BCUT2D eigenvalue weighted by Gasteiger charge is -2.17. The molecular formula is C35H70N2O8. The minimum atomic E-state index is -0.409. The molecule has 0 aromatic rings. The first-order valence-electron chi connectivity index (χ1n) is 17.7. The summed E-state index contributed by atoms with van der Waals surface area (Å²) in [6.45, 7) is 9.57. The van der Waals surface area contributed by atoms with Gasteiger partial charge in [0.05, 0.1) is 20.1 Å². The minimum absolute atomic E-state index is 0.0681. The summed E-state index contributed by atoms with van der Waals surface area (Å²) in [4.78, 5) is 46.0. The van der Waals surface area contributed by atoms with Crippen LogP contribution in [0.25, 0.3) is 0 Å². The van der Waals surface area contributed by atoms with Crippen LogP contribution in [0.5, 0.6) is 0 Å². The smallest absolute Gasteiger partial charge is 0.407 e. The highest BCUT2D eigenvalue weighted by atomic mass is 16.5. The summed E-state index contributed by atoms with van der Waals surface area (Å²) in [7, 11) is 2.78. The third-order valence-corrected chi connectivity index (χ3v) is 7.27. The zero-order chi connectivity index (χ0) is 34.6. The number of hydrogen-bond acceptors (Lipinski definition) is 8. The van der Waals surface area contributed by atoms with Crippen molar-refractivity contribution in [1.29, 1.82) is 0 Å². The van der Waals surface area contributed by atoms with Gasteiger partial charge >= 0.3 is 12.1 Å². The zero-order valence-corrected chi connectivity index (χ0v) is 29.8. The van der Waals surface area contributed by atoms with Gasteiger partial charge in [0.1, 0.15) is 5.78 Å². The molecule has 45 heavy (non-hydrogen) atoms. The predicted octanol–water partition coefficient (Wildman–Crippen LogP) is 7.02. The second-order valence-electron chi connectivity index (χ2n) is 11.4. The summed E-state index contributed by atoms with van der Waals surface area (Å²) in [5.74, 6) is -0.515. The van der Waals surface area contributed by atoms with Gasteiger partial charge in [-0.3, -0.25) is 14.4 Å². The van der Waals surface area contributed by atoms with Crippen LogP contribution in [0.4, 0.5) is 4.79 Å². The number of ether oxygens (including phenoxy) is 2. The van der Waals surface area contributed by atoms with Crippen LogP contribution in [0.15, 0.2) is 0 Å². The van der Waals surface area contributed by atoms with Gasteiger partial charge in [-0.05, 0) is 51.4 Å². The molecule has 10 nitrogen and oxygen atoms in total. The summed E-state index contributed by atoms with van der Waals surface area (Å²) >= 11 is 0. The normalized spacial score (nSPS) is 11.6. The van der Waals surface area contributed by atoms with E-state index in [0.717, 1.165) is 109 Å². The topological polar surface area (TPSA) is 151 Å². The molecule has 0 aliphatic heterocycles. The third kappa shape index (κ3) is 34.5. The number of nitrogens with one attached hydrogen (secondary N) is 2. The van der Waals surface area contributed by atoms with Gasteiger partial charge in [0, 0.05) is 38.6 Å². The molecule has 10 heteroatoms. The Morgan fingerprint density at radius 3 is 1.64 bits per heavy atom. The Morgan fingerprint density at radius 1 is 0.600 bits per heavy atom. The summed E-state index contributed by atoms with van der Waals surface area (Å²) in [6.07, 6.45) is 18.2. The maximum absolute atomic E-state index is 12.0. The van der Waals surface area contributed by atoms with E-state index in [1.54, 1.807) is 0 Å². The molecule has 2 atom stereocenters. The summed E-state index contributed by atoms with van der Waals surface area (Å²) < 4.78 is 9.21.